The number of Topliss-reactive ketones (excluding diaryl/α,β-unsaturated/α-hetero) is 1. The average Bonchev–Trinajstić information content (AvgIpc) is 3.22. The maximum Gasteiger partial charge on any atom is 0.343 e. The maximum absolute atomic E-state index is 13.1. The van der Waals surface area contributed by atoms with E-state index in [9.17, 15) is 24.0 Å². The number of ether oxygens (including phenoxy) is 2. The van der Waals surface area contributed by atoms with E-state index in [1.54, 1.807) is 24.3 Å². The number of carbonyl (C=O) groups is 5. The summed E-state index contributed by atoms with van der Waals surface area (Å²) < 4.78 is 10.6. The molecule has 3 unspecified atom stereocenters. The molecule has 0 spiro atoms. The van der Waals surface area contributed by atoms with Gasteiger partial charge in [0, 0.05) is 5.56 Å². The molecule has 0 aromatic heterocycles. The second-order valence-electron chi connectivity index (χ2n) is 10.00. The van der Waals surface area contributed by atoms with Crippen molar-refractivity contribution in [2.75, 3.05) is 11.5 Å². The summed E-state index contributed by atoms with van der Waals surface area (Å²) in [5, 5.41) is 0. The van der Waals surface area contributed by atoms with Gasteiger partial charge < -0.3 is 9.47 Å². The van der Waals surface area contributed by atoms with Crippen molar-refractivity contribution in [1.82, 2.24) is 0 Å². The molecule has 1 aliphatic heterocycles. The lowest BCUT2D eigenvalue weighted by atomic mass is 9.78. The van der Waals surface area contributed by atoms with Crippen molar-refractivity contribution < 1.29 is 33.4 Å². The largest absolute Gasteiger partial charge is 0.454 e. The summed E-state index contributed by atoms with van der Waals surface area (Å²) in [4.78, 5) is 64.8. The Morgan fingerprint density at radius 1 is 0.850 bits per heavy atom. The Labute approximate surface area is 231 Å². The molecule has 2 aliphatic rings. The third kappa shape index (κ3) is 5.33. The number of allylic oxidation sites excluding steroid dienone is 2. The number of anilines is 1. The van der Waals surface area contributed by atoms with E-state index >= 15 is 0 Å². The van der Waals surface area contributed by atoms with Crippen LogP contribution >= 0.6 is 0 Å². The van der Waals surface area contributed by atoms with Crippen molar-refractivity contribution in [2.24, 2.45) is 17.8 Å². The summed E-state index contributed by atoms with van der Waals surface area (Å²) in [5.74, 6) is -2.87. The number of carbonyl (C=O) groups excluding carboxylic acids is 5. The highest BCUT2D eigenvalue weighted by atomic mass is 16.5. The molecule has 3 atom stereocenters. The number of esters is 2. The van der Waals surface area contributed by atoms with Crippen LogP contribution in [-0.4, -0.2) is 36.1 Å². The van der Waals surface area contributed by atoms with Gasteiger partial charge in [-0.15, -0.1) is 0 Å². The highest BCUT2D eigenvalue weighted by molar-refractivity contribution is 6.22. The van der Waals surface area contributed by atoms with Crippen molar-refractivity contribution in [3.63, 3.8) is 0 Å². The number of nitrogens with zero attached hydrogens (tertiary/aromatic N) is 1. The quantitative estimate of drug-likeness (QED) is 0.138. The molecule has 1 fully saturated rings. The molecule has 202 valence electrons. The minimum atomic E-state index is -0.759. The Hall–Kier alpha value is -4.85. The molecule has 0 bridgehead atoms. The summed E-state index contributed by atoms with van der Waals surface area (Å²) in [5.41, 5.74) is 2.12. The lowest BCUT2D eigenvalue weighted by molar-refractivity contribution is -0.122. The highest BCUT2D eigenvalue weighted by Crippen LogP contribution is 2.40. The molecule has 0 saturated carbocycles. The minimum Gasteiger partial charge on any atom is -0.454 e. The van der Waals surface area contributed by atoms with Crippen LogP contribution in [0.4, 0.5) is 5.69 Å². The van der Waals surface area contributed by atoms with Gasteiger partial charge in [0.25, 0.3) is 0 Å². The predicted octanol–water partition coefficient (Wildman–Crippen LogP) is 4.96. The van der Waals surface area contributed by atoms with E-state index in [4.69, 9.17) is 9.47 Å². The second kappa shape index (κ2) is 11.1. The van der Waals surface area contributed by atoms with Crippen molar-refractivity contribution >= 4 is 35.2 Å². The Balaban J connectivity index is 1.19. The third-order valence-electron chi connectivity index (χ3n) is 7.22. The molecular weight excluding hydrogens is 510 g/mol. The molecule has 3 aromatic carbocycles. The van der Waals surface area contributed by atoms with E-state index in [0.29, 0.717) is 17.7 Å². The van der Waals surface area contributed by atoms with Gasteiger partial charge in [-0.25, -0.2) is 9.59 Å². The van der Waals surface area contributed by atoms with E-state index in [1.807, 2.05) is 38.1 Å². The standard InChI is InChI=1S/C32H27NO7/c1-19-9-11-22(12-10-19)32(38)40-25-15-13-21(14-16-25)27(34)18-39-31(37)23-6-4-7-24(17-23)33-29(35)26-8-3-5-20(2)28(26)30(33)36/h3-7,9-17,20,26,28H,8,18H2,1-2H3. The van der Waals surface area contributed by atoms with E-state index in [0.717, 1.165) is 10.5 Å². The lowest BCUT2D eigenvalue weighted by Crippen LogP contribution is -2.31. The van der Waals surface area contributed by atoms with Gasteiger partial charge >= 0.3 is 11.9 Å². The summed E-state index contributed by atoms with van der Waals surface area (Å²) in [6.07, 6.45) is 4.39. The fourth-order valence-electron chi connectivity index (χ4n) is 5.04. The molecule has 0 radical (unpaired) electrons. The number of rotatable bonds is 7. The van der Waals surface area contributed by atoms with Gasteiger partial charge in [0.15, 0.2) is 12.4 Å². The van der Waals surface area contributed by atoms with Gasteiger partial charge in [-0.2, -0.15) is 0 Å². The van der Waals surface area contributed by atoms with Crippen LogP contribution in [0.15, 0.2) is 84.9 Å². The molecule has 1 heterocycles. The van der Waals surface area contributed by atoms with Crippen LogP contribution in [0.5, 0.6) is 5.75 Å². The van der Waals surface area contributed by atoms with Crippen molar-refractivity contribution in [3.05, 3.63) is 107 Å². The van der Waals surface area contributed by atoms with Crippen LogP contribution in [0.2, 0.25) is 0 Å². The van der Waals surface area contributed by atoms with Gasteiger partial charge in [-0.3, -0.25) is 19.3 Å². The van der Waals surface area contributed by atoms with Crippen LogP contribution in [0.3, 0.4) is 0 Å². The molecule has 5 rings (SSSR count). The minimum absolute atomic E-state index is 0.0475. The number of fused-ring (bicyclic) bond motifs is 1. The number of hydrogen-bond donors (Lipinski definition) is 0. The zero-order valence-electron chi connectivity index (χ0n) is 22.0. The van der Waals surface area contributed by atoms with Gasteiger partial charge in [0.2, 0.25) is 11.8 Å². The lowest BCUT2D eigenvalue weighted by Gasteiger charge is -2.22. The Bertz CT molecular complexity index is 1520. The van der Waals surface area contributed by atoms with Crippen LogP contribution in [-0.2, 0) is 14.3 Å². The molecule has 0 N–H and O–H groups in total. The summed E-state index contributed by atoms with van der Waals surface area (Å²) in [7, 11) is 0. The maximum atomic E-state index is 13.1. The average molecular weight is 538 g/mol. The zero-order valence-corrected chi connectivity index (χ0v) is 22.0. The molecule has 8 heteroatoms. The van der Waals surface area contributed by atoms with Crippen LogP contribution in [0.25, 0.3) is 0 Å². The Morgan fingerprint density at radius 3 is 2.25 bits per heavy atom. The molecule has 8 nitrogen and oxygen atoms in total. The molecular formula is C32H27NO7. The van der Waals surface area contributed by atoms with Crippen molar-refractivity contribution in [3.8, 4) is 5.75 Å². The predicted molar refractivity (Wildman–Crippen MR) is 146 cm³/mol. The number of benzene rings is 3. The topological polar surface area (TPSA) is 107 Å². The van der Waals surface area contributed by atoms with Crippen molar-refractivity contribution in [1.29, 1.82) is 0 Å². The first-order valence-corrected chi connectivity index (χ1v) is 13.0. The van der Waals surface area contributed by atoms with Crippen LogP contribution in [0.1, 0.15) is 50.0 Å². The van der Waals surface area contributed by atoms with Crippen molar-refractivity contribution in [2.45, 2.75) is 20.3 Å². The fraction of sp³-hybridized carbons (Fsp3) is 0.219. The molecule has 2 amide bonds. The molecule has 3 aromatic rings. The van der Waals surface area contributed by atoms with Gasteiger partial charge in [0.05, 0.1) is 28.7 Å². The van der Waals surface area contributed by atoms with E-state index in [2.05, 4.69) is 0 Å². The first-order valence-electron chi connectivity index (χ1n) is 13.0. The number of aryl methyl sites for hydroxylation is 1. The zero-order chi connectivity index (χ0) is 28.4. The van der Waals surface area contributed by atoms with Gasteiger partial charge in [-0.05, 0) is 73.9 Å². The number of hydrogen-bond acceptors (Lipinski definition) is 7. The molecule has 1 saturated heterocycles. The number of amides is 2. The molecule has 40 heavy (non-hydrogen) atoms. The normalized spacial score (nSPS) is 19.8. The Morgan fingerprint density at radius 2 is 1.55 bits per heavy atom. The second-order valence-corrected chi connectivity index (χ2v) is 10.00. The fourth-order valence-corrected chi connectivity index (χ4v) is 5.04. The molecule has 1 aliphatic carbocycles. The van der Waals surface area contributed by atoms with Gasteiger partial charge in [-0.1, -0.05) is 42.8 Å². The summed E-state index contributed by atoms with van der Waals surface area (Å²) in [6, 6.07) is 19.0. The number of ketones is 1. The first kappa shape index (κ1) is 26.7. The van der Waals surface area contributed by atoms with E-state index in [1.165, 1.54) is 36.4 Å². The first-order chi connectivity index (χ1) is 19.2. The Kier molecular flexibility index (Phi) is 7.42. The van der Waals surface area contributed by atoms with Gasteiger partial charge in [0.1, 0.15) is 5.75 Å². The van der Waals surface area contributed by atoms with Crippen LogP contribution in [0, 0.1) is 24.7 Å². The summed E-state index contributed by atoms with van der Waals surface area (Å²) in [6.45, 7) is 3.32. The van der Waals surface area contributed by atoms with E-state index < -0.39 is 36.2 Å². The van der Waals surface area contributed by atoms with E-state index in [-0.39, 0.29) is 34.6 Å². The number of imide groups is 1. The SMILES string of the molecule is Cc1ccc(C(=O)Oc2ccc(C(=O)COC(=O)c3cccc(N4C(=O)C5CC=CC(C)C5C4=O)c3)cc2)cc1. The monoisotopic (exact) mass is 537 g/mol. The third-order valence-corrected chi connectivity index (χ3v) is 7.22. The van der Waals surface area contributed by atoms with Crippen LogP contribution < -0.4 is 9.64 Å². The summed E-state index contributed by atoms with van der Waals surface area (Å²) >= 11 is 0. The highest BCUT2D eigenvalue weighted by Gasteiger charge is 2.50. The smallest absolute Gasteiger partial charge is 0.343 e.